The Hall–Kier alpha value is -1.15. The lowest BCUT2D eigenvalue weighted by Gasteiger charge is -2.41. The van der Waals surface area contributed by atoms with E-state index >= 15 is 0 Å². The van der Waals surface area contributed by atoms with Gasteiger partial charge >= 0.3 is 6.18 Å². The summed E-state index contributed by atoms with van der Waals surface area (Å²) in [5, 5.41) is 19.8. The molecule has 1 unspecified atom stereocenters. The monoisotopic (exact) mass is 333 g/mol. The Morgan fingerprint density at radius 2 is 1.96 bits per heavy atom. The summed E-state index contributed by atoms with van der Waals surface area (Å²) in [4.78, 5) is 1.96. The number of methoxy groups -OCH3 is 1. The van der Waals surface area contributed by atoms with Crippen LogP contribution in [-0.4, -0.2) is 54.1 Å². The van der Waals surface area contributed by atoms with Gasteiger partial charge in [-0.2, -0.15) is 13.2 Å². The van der Waals surface area contributed by atoms with Crippen LogP contribution in [0.2, 0.25) is 0 Å². The quantitative estimate of drug-likeness (QED) is 0.867. The number of β-amino-alcohol motifs (C(OH)–C–C–N with tert-alkyl or cyclic N) is 1. The molecule has 130 valence electrons. The molecule has 2 N–H and O–H groups in total. The van der Waals surface area contributed by atoms with E-state index in [9.17, 15) is 23.4 Å². The second kappa shape index (κ2) is 7.17. The second-order valence-corrected chi connectivity index (χ2v) is 6.02. The molecule has 1 aliphatic rings. The van der Waals surface area contributed by atoms with Crippen molar-refractivity contribution in [1.82, 2.24) is 4.90 Å². The van der Waals surface area contributed by atoms with E-state index in [1.54, 1.807) is 7.11 Å². The van der Waals surface area contributed by atoms with Crippen molar-refractivity contribution in [3.05, 3.63) is 35.4 Å². The number of alkyl halides is 3. The molecule has 4 nitrogen and oxygen atoms in total. The van der Waals surface area contributed by atoms with Crippen LogP contribution >= 0.6 is 0 Å². The Kier molecular flexibility index (Phi) is 5.67. The minimum absolute atomic E-state index is 0.101. The number of ether oxygens (including phenoxy) is 1. The molecule has 0 spiro atoms. The van der Waals surface area contributed by atoms with E-state index in [2.05, 4.69) is 0 Å². The van der Waals surface area contributed by atoms with Gasteiger partial charge in [-0.3, -0.25) is 4.90 Å². The molecule has 1 aromatic rings. The fraction of sp³-hybridized carbons (Fsp3) is 0.625. The molecule has 7 heteroatoms. The molecule has 0 saturated carbocycles. The van der Waals surface area contributed by atoms with Gasteiger partial charge in [-0.25, -0.2) is 0 Å². The summed E-state index contributed by atoms with van der Waals surface area (Å²) in [6.45, 7) is 1.42. The number of piperidine rings is 1. The summed E-state index contributed by atoms with van der Waals surface area (Å²) in [6.07, 6.45) is -3.69. The Balaban J connectivity index is 2.00. The highest BCUT2D eigenvalue weighted by atomic mass is 19.4. The van der Waals surface area contributed by atoms with Gasteiger partial charge in [0, 0.05) is 20.2 Å². The molecule has 0 radical (unpaired) electrons. The molecule has 0 amide bonds. The highest BCUT2D eigenvalue weighted by Gasteiger charge is 2.35. The average molecular weight is 333 g/mol. The van der Waals surface area contributed by atoms with Crippen molar-refractivity contribution >= 4 is 0 Å². The van der Waals surface area contributed by atoms with Crippen LogP contribution in [-0.2, 0) is 10.9 Å². The molecule has 1 heterocycles. The smallest absolute Gasteiger partial charge is 0.393 e. The van der Waals surface area contributed by atoms with E-state index in [0.29, 0.717) is 12.1 Å². The third-order valence-electron chi connectivity index (χ3n) is 4.39. The predicted octanol–water partition coefficient (Wildman–Crippen LogP) is 2.21. The van der Waals surface area contributed by atoms with Gasteiger partial charge in [0.15, 0.2) is 0 Å². The van der Waals surface area contributed by atoms with Crippen LogP contribution in [0.4, 0.5) is 13.2 Å². The van der Waals surface area contributed by atoms with E-state index in [0.717, 1.165) is 31.5 Å². The predicted molar refractivity (Wildman–Crippen MR) is 78.9 cm³/mol. The van der Waals surface area contributed by atoms with Crippen LogP contribution in [0.3, 0.4) is 0 Å². The number of aliphatic hydroxyl groups excluding tert-OH is 2. The second-order valence-electron chi connectivity index (χ2n) is 6.02. The number of hydrogen-bond acceptors (Lipinski definition) is 4. The number of rotatable bonds is 5. The van der Waals surface area contributed by atoms with Gasteiger partial charge in [0.1, 0.15) is 5.60 Å². The van der Waals surface area contributed by atoms with Gasteiger partial charge in [-0.1, -0.05) is 12.1 Å². The zero-order chi connectivity index (χ0) is 17.1. The molecular weight excluding hydrogens is 311 g/mol. The lowest BCUT2D eigenvalue weighted by Crippen LogP contribution is -2.52. The van der Waals surface area contributed by atoms with Crippen molar-refractivity contribution in [2.75, 3.05) is 33.4 Å². The lowest BCUT2D eigenvalue weighted by atomic mass is 9.93. The van der Waals surface area contributed by atoms with Gasteiger partial charge in [0.05, 0.1) is 18.3 Å². The van der Waals surface area contributed by atoms with Crippen molar-refractivity contribution < 1.29 is 28.1 Å². The molecule has 23 heavy (non-hydrogen) atoms. The maximum atomic E-state index is 12.5. The van der Waals surface area contributed by atoms with Gasteiger partial charge < -0.3 is 14.9 Å². The normalized spacial score (nSPS) is 24.6. The summed E-state index contributed by atoms with van der Waals surface area (Å²) in [7, 11) is 1.55. The van der Waals surface area contributed by atoms with Crippen molar-refractivity contribution in [2.24, 2.45) is 0 Å². The van der Waals surface area contributed by atoms with E-state index < -0.39 is 23.4 Å². The number of aliphatic hydroxyl groups is 2. The van der Waals surface area contributed by atoms with E-state index in [4.69, 9.17) is 4.74 Å². The van der Waals surface area contributed by atoms with Crippen molar-refractivity contribution in [3.8, 4) is 0 Å². The van der Waals surface area contributed by atoms with Crippen LogP contribution in [0.1, 0.15) is 30.1 Å². The fourth-order valence-electron chi connectivity index (χ4n) is 2.95. The zero-order valence-corrected chi connectivity index (χ0v) is 13.0. The first-order chi connectivity index (χ1) is 10.8. The molecule has 1 aromatic carbocycles. The molecule has 0 aromatic heterocycles. The molecular formula is C16H22F3NO3. The topological polar surface area (TPSA) is 52.9 Å². The van der Waals surface area contributed by atoms with Crippen LogP contribution in [0.15, 0.2) is 24.3 Å². The van der Waals surface area contributed by atoms with Crippen LogP contribution in [0.25, 0.3) is 0 Å². The lowest BCUT2D eigenvalue weighted by molar-refractivity contribution is -0.137. The summed E-state index contributed by atoms with van der Waals surface area (Å²) < 4.78 is 43.0. The number of halogens is 3. The summed E-state index contributed by atoms with van der Waals surface area (Å²) in [5.74, 6) is 0. The number of hydrogen-bond donors (Lipinski definition) is 2. The highest BCUT2D eigenvalue weighted by molar-refractivity contribution is 5.26. The highest BCUT2D eigenvalue weighted by Crippen LogP contribution is 2.30. The minimum atomic E-state index is -4.38. The fourth-order valence-corrected chi connectivity index (χ4v) is 2.95. The van der Waals surface area contributed by atoms with Crippen LogP contribution < -0.4 is 0 Å². The SMILES string of the molecule is COC1(CO)CCCN(C[C@@H](O)c2ccc(C(F)(F)F)cc2)C1. The first-order valence-corrected chi connectivity index (χ1v) is 7.53. The molecule has 1 fully saturated rings. The standard InChI is InChI=1S/C16H22F3NO3/c1-23-15(11-21)7-2-8-20(10-15)9-14(22)12-3-5-13(6-4-12)16(17,18)19/h3-6,14,21-22H,2,7-11H2,1H3/t14-,15?/m1/s1. The largest absolute Gasteiger partial charge is 0.416 e. The first-order valence-electron chi connectivity index (χ1n) is 7.53. The summed E-state index contributed by atoms with van der Waals surface area (Å²) in [6, 6.07) is 4.55. The number of nitrogens with zero attached hydrogens (tertiary/aromatic N) is 1. The van der Waals surface area contributed by atoms with Crippen molar-refractivity contribution in [1.29, 1.82) is 0 Å². The molecule has 0 aliphatic carbocycles. The maximum Gasteiger partial charge on any atom is 0.416 e. The first kappa shape index (κ1) is 18.2. The Morgan fingerprint density at radius 3 is 2.48 bits per heavy atom. The van der Waals surface area contributed by atoms with E-state index in [-0.39, 0.29) is 13.2 Å². The van der Waals surface area contributed by atoms with E-state index in [1.165, 1.54) is 12.1 Å². The molecule has 1 aliphatic heterocycles. The van der Waals surface area contributed by atoms with E-state index in [1.807, 2.05) is 4.90 Å². The molecule has 1 saturated heterocycles. The van der Waals surface area contributed by atoms with Gasteiger partial charge in [-0.05, 0) is 37.1 Å². The molecule has 2 rings (SSSR count). The number of benzene rings is 1. The molecule has 0 bridgehead atoms. The maximum absolute atomic E-state index is 12.5. The third-order valence-corrected chi connectivity index (χ3v) is 4.39. The Bertz CT molecular complexity index is 500. The Labute approximate surface area is 133 Å². The molecule has 2 atom stereocenters. The third kappa shape index (κ3) is 4.44. The van der Waals surface area contributed by atoms with Crippen LogP contribution in [0.5, 0.6) is 0 Å². The van der Waals surface area contributed by atoms with Gasteiger partial charge in [-0.15, -0.1) is 0 Å². The van der Waals surface area contributed by atoms with Crippen molar-refractivity contribution in [2.45, 2.75) is 30.7 Å². The number of likely N-dealkylation sites (tertiary alicyclic amines) is 1. The van der Waals surface area contributed by atoms with Crippen molar-refractivity contribution in [3.63, 3.8) is 0 Å². The van der Waals surface area contributed by atoms with Crippen LogP contribution in [0, 0.1) is 0 Å². The zero-order valence-electron chi connectivity index (χ0n) is 13.0. The summed E-state index contributed by atoms with van der Waals surface area (Å²) >= 11 is 0. The summed E-state index contributed by atoms with van der Waals surface area (Å²) in [5.41, 5.74) is -0.918. The van der Waals surface area contributed by atoms with Gasteiger partial charge in [0.2, 0.25) is 0 Å². The average Bonchev–Trinajstić information content (AvgIpc) is 2.54. The minimum Gasteiger partial charge on any atom is -0.393 e. The Morgan fingerprint density at radius 1 is 1.30 bits per heavy atom. The van der Waals surface area contributed by atoms with Gasteiger partial charge in [0.25, 0.3) is 0 Å².